The third-order valence-electron chi connectivity index (χ3n) is 4.11. The minimum atomic E-state index is -0.529. The second-order valence-corrected chi connectivity index (χ2v) is 6.12. The average Bonchev–Trinajstić information content (AvgIpc) is 2.83. The van der Waals surface area contributed by atoms with Crippen LogP contribution < -0.4 is 0 Å². The molecule has 5 aromatic rings. The van der Waals surface area contributed by atoms with Crippen molar-refractivity contribution in [3.63, 3.8) is 0 Å². The maximum absolute atomic E-state index is 8.70. The molecule has 27 heavy (non-hydrogen) atoms. The van der Waals surface area contributed by atoms with Gasteiger partial charge in [-0.15, -0.1) is 0 Å². The first-order chi connectivity index (χ1) is 16.2. The van der Waals surface area contributed by atoms with Crippen LogP contribution in [0.3, 0.4) is 0 Å². The quantitative estimate of drug-likeness (QED) is 0.371. The molecule has 0 N–H and O–H groups in total. The summed E-state index contributed by atoms with van der Waals surface area (Å²) in [5.74, 6) is 0.0907. The molecule has 0 spiro atoms. The van der Waals surface area contributed by atoms with Gasteiger partial charge in [-0.05, 0) is 39.2 Å². The van der Waals surface area contributed by atoms with Crippen molar-refractivity contribution in [1.29, 1.82) is 0 Å². The van der Waals surface area contributed by atoms with Crippen molar-refractivity contribution >= 4 is 33.1 Å². The summed E-state index contributed by atoms with van der Waals surface area (Å²) in [5.41, 5.74) is 0.504. The minimum Gasteiger partial charge on any atom is -0.208 e. The van der Waals surface area contributed by atoms with Crippen LogP contribution in [0.2, 0.25) is 5.28 Å². The van der Waals surface area contributed by atoms with Crippen LogP contribution in [-0.2, 0) is 0 Å². The number of halogens is 1. The molecule has 1 heterocycles. The summed E-state index contributed by atoms with van der Waals surface area (Å²) in [6.45, 7) is 0. The number of hydrogen-bond donors (Lipinski definition) is 0. The number of nitrogens with zero attached hydrogens (tertiary/aromatic N) is 3. The van der Waals surface area contributed by atoms with Crippen LogP contribution >= 0.6 is 11.6 Å². The van der Waals surface area contributed by atoms with Crippen molar-refractivity contribution in [1.82, 2.24) is 15.0 Å². The van der Waals surface area contributed by atoms with E-state index >= 15 is 0 Å². The predicted octanol–water partition coefficient (Wildman–Crippen LogP) is 6.17. The molecule has 0 saturated heterocycles. The molecular weight excluding hydrogens is 354 g/mol. The van der Waals surface area contributed by atoms with Gasteiger partial charge in [0.25, 0.3) is 0 Å². The largest absolute Gasteiger partial charge is 0.226 e. The highest BCUT2D eigenvalue weighted by atomic mass is 35.5. The lowest BCUT2D eigenvalue weighted by atomic mass is 10.0. The maximum atomic E-state index is 8.70. The summed E-state index contributed by atoms with van der Waals surface area (Å²) in [7, 11) is 0. The molecule has 0 aliphatic rings. The van der Waals surface area contributed by atoms with Gasteiger partial charge in [-0.2, -0.15) is 9.97 Å². The first-order valence-corrected chi connectivity index (χ1v) is 8.48. The zero-order chi connectivity index (χ0) is 24.3. The molecule has 0 aliphatic carbocycles. The fraction of sp³-hybridized carbons (Fsp3) is 0. The Balaban J connectivity index is 1.85. The Hall–Kier alpha value is -3.30. The van der Waals surface area contributed by atoms with E-state index in [0.717, 1.165) is 10.8 Å². The van der Waals surface area contributed by atoms with E-state index in [4.69, 9.17) is 21.2 Å². The monoisotopic (exact) mass is 374 g/mol. The topological polar surface area (TPSA) is 38.7 Å². The van der Waals surface area contributed by atoms with Gasteiger partial charge in [-0.3, -0.25) is 0 Å². The lowest BCUT2D eigenvalue weighted by molar-refractivity contribution is 1.07. The predicted molar refractivity (Wildman–Crippen MR) is 111 cm³/mol. The average molecular weight is 375 g/mol. The lowest BCUT2D eigenvalue weighted by Crippen LogP contribution is -1.97. The lowest BCUT2D eigenvalue weighted by Gasteiger charge is -2.08. The van der Waals surface area contributed by atoms with Gasteiger partial charge in [-0.1, -0.05) is 78.7 Å². The maximum Gasteiger partial charge on any atom is 0.226 e. The van der Waals surface area contributed by atoms with E-state index in [1.54, 1.807) is 0 Å². The van der Waals surface area contributed by atoms with Crippen LogP contribution in [0.4, 0.5) is 0 Å². The zero-order valence-corrected chi connectivity index (χ0v) is 14.5. The molecular formula is C23H14ClN3. The van der Waals surface area contributed by atoms with Crippen molar-refractivity contribution in [2.24, 2.45) is 0 Å². The van der Waals surface area contributed by atoms with Gasteiger partial charge in [0.2, 0.25) is 5.28 Å². The fourth-order valence-corrected chi connectivity index (χ4v) is 3.06. The molecule has 0 radical (unpaired) electrons. The standard InChI is InChI=1S/C23H14ClN3/c24-23-26-21(18-13-12-15-6-1-2-8-17(15)14-18)25-22(27-23)20-11-5-9-16-7-3-4-10-19(16)20/h1-14H/i1D,2D,6D,8D,12D,13D,14D. The Morgan fingerprint density at radius 1 is 0.704 bits per heavy atom. The van der Waals surface area contributed by atoms with Gasteiger partial charge >= 0.3 is 0 Å². The summed E-state index contributed by atoms with van der Waals surface area (Å²) in [4.78, 5) is 12.8. The molecule has 1 aromatic heterocycles. The number of benzene rings is 4. The van der Waals surface area contributed by atoms with Gasteiger partial charge in [0.15, 0.2) is 11.6 Å². The highest BCUT2D eigenvalue weighted by Crippen LogP contribution is 2.29. The first kappa shape index (κ1) is 10.1. The Morgan fingerprint density at radius 2 is 1.48 bits per heavy atom. The molecule has 0 aliphatic heterocycles. The SMILES string of the molecule is [2H]c1c([2H])c([2H])c2c([2H])c(-c3nc(Cl)nc(-c4cccc5ccccc45)n3)c([2H])c([2H])c2c1[2H]. The highest BCUT2D eigenvalue weighted by Gasteiger charge is 2.12. The van der Waals surface area contributed by atoms with E-state index in [1.165, 1.54) is 0 Å². The van der Waals surface area contributed by atoms with E-state index in [1.807, 2.05) is 42.5 Å². The van der Waals surface area contributed by atoms with Crippen molar-refractivity contribution in [3.8, 4) is 22.8 Å². The molecule has 5 rings (SSSR count). The van der Waals surface area contributed by atoms with E-state index in [9.17, 15) is 0 Å². The van der Waals surface area contributed by atoms with E-state index in [-0.39, 0.29) is 39.3 Å². The summed E-state index contributed by atoms with van der Waals surface area (Å²) >= 11 is 6.21. The number of rotatable bonds is 2. The molecule has 4 heteroatoms. The smallest absolute Gasteiger partial charge is 0.208 e. The molecule has 3 nitrogen and oxygen atoms in total. The van der Waals surface area contributed by atoms with E-state index in [0.29, 0.717) is 5.56 Å². The second-order valence-electron chi connectivity index (χ2n) is 5.78. The van der Waals surface area contributed by atoms with Crippen molar-refractivity contribution in [2.75, 3.05) is 0 Å². The fourth-order valence-electron chi connectivity index (χ4n) is 2.90. The molecule has 0 amide bonds. The molecule has 0 bridgehead atoms. The summed E-state index contributed by atoms with van der Waals surface area (Å²) in [6, 6.07) is 9.96. The van der Waals surface area contributed by atoms with Gasteiger partial charge in [0.1, 0.15) is 0 Å². The van der Waals surface area contributed by atoms with Crippen molar-refractivity contribution in [2.45, 2.75) is 0 Å². The van der Waals surface area contributed by atoms with Crippen LogP contribution in [0.1, 0.15) is 9.60 Å². The van der Waals surface area contributed by atoms with Gasteiger partial charge in [-0.25, -0.2) is 4.98 Å². The number of fused-ring (bicyclic) bond motifs is 2. The van der Waals surface area contributed by atoms with Gasteiger partial charge < -0.3 is 0 Å². The summed E-state index contributed by atoms with van der Waals surface area (Å²) in [6.07, 6.45) is 0. The molecule has 0 saturated carbocycles. The van der Waals surface area contributed by atoms with Crippen LogP contribution in [0.15, 0.2) is 84.8 Å². The summed E-state index contributed by atoms with van der Waals surface area (Å²) in [5, 5.41) is 1.28. The second kappa shape index (κ2) is 6.45. The zero-order valence-electron chi connectivity index (χ0n) is 20.8. The third-order valence-corrected chi connectivity index (χ3v) is 4.28. The number of hydrogen-bond acceptors (Lipinski definition) is 3. The van der Waals surface area contributed by atoms with Crippen molar-refractivity contribution in [3.05, 3.63) is 90.0 Å². The van der Waals surface area contributed by atoms with Crippen LogP contribution in [-0.4, -0.2) is 15.0 Å². The first-order valence-electron chi connectivity index (χ1n) is 11.6. The Kier molecular flexibility index (Phi) is 2.42. The Labute approximate surface area is 171 Å². The number of aromatic nitrogens is 3. The van der Waals surface area contributed by atoms with Gasteiger partial charge in [0, 0.05) is 11.1 Å². The third kappa shape index (κ3) is 2.92. The van der Waals surface area contributed by atoms with E-state index < -0.39 is 36.3 Å². The van der Waals surface area contributed by atoms with Gasteiger partial charge in [0.05, 0.1) is 9.60 Å². The molecule has 0 fully saturated rings. The molecule has 0 atom stereocenters. The minimum absolute atomic E-state index is 0.124. The van der Waals surface area contributed by atoms with Crippen LogP contribution in [0, 0.1) is 0 Å². The summed E-state index contributed by atoms with van der Waals surface area (Å²) < 4.78 is 57.9. The molecule has 4 aromatic carbocycles. The normalized spacial score (nSPS) is 14.8. The van der Waals surface area contributed by atoms with Crippen LogP contribution in [0.5, 0.6) is 0 Å². The van der Waals surface area contributed by atoms with E-state index in [2.05, 4.69) is 15.0 Å². The van der Waals surface area contributed by atoms with Crippen LogP contribution in [0.25, 0.3) is 44.3 Å². The Bertz CT molecular complexity index is 1650. The molecule has 0 unspecified atom stereocenters. The van der Waals surface area contributed by atoms with Crippen molar-refractivity contribution < 1.29 is 9.60 Å². The Morgan fingerprint density at radius 3 is 2.41 bits per heavy atom. The highest BCUT2D eigenvalue weighted by molar-refractivity contribution is 6.28. The molecule has 128 valence electrons.